The Balaban J connectivity index is 1.46. The largest absolute Gasteiger partial charge is 0.341 e. The second-order valence-corrected chi connectivity index (χ2v) is 6.73. The van der Waals surface area contributed by atoms with Gasteiger partial charge in [0.15, 0.2) is 0 Å². The van der Waals surface area contributed by atoms with Gasteiger partial charge in [-0.3, -0.25) is 9.59 Å². The van der Waals surface area contributed by atoms with Gasteiger partial charge in [-0.15, -0.1) is 0 Å². The molecule has 29 heavy (non-hydrogen) atoms. The molecule has 1 heterocycles. The molecule has 1 atom stereocenters. The molecule has 0 fully saturated rings. The van der Waals surface area contributed by atoms with Crippen molar-refractivity contribution in [3.63, 3.8) is 0 Å². The Kier molecular flexibility index (Phi) is 5.07. The van der Waals surface area contributed by atoms with Gasteiger partial charge in [0.2, 0.25) is 5.91 Å². The number of hydrogen-bond acceptors (Lipinski definition) is 3. The first kappa shape index (κ1) is 18.4. The smallest absolute Gasteiger partial charge is 0.251 e. The van der Waals surface area contributed by atoms with Gasteiger partial charge in [-0.2, -0.15) is 0 Å². The third-order valence-corrected chi connectivity index (χ3v) is 4.57. The zero-order valence-corrected chi connectivity index (χ0v) is 15.8. The van der Waals surface area contributed by atoms with E-state index in [9.17, 15) is 9.59 Å². The normalized spacial score (nSPS) is 11.8. The van der Waals surface area contributed by atoms with Gasteiger partial charge >= 0.3 is 0 Å². The second kappa shape index (κ2) is 7.98. The molecule has 0 aliphatic carbocycles. The lowest BCUT2D eigenvalue weighted by atomic mass is 10.1. The molecule has 1 unspecified atom stereocenters. The molecule has 6 heteroatoms. The Bertz CT molecular complexity index is 1130. The molecule has 0 saturated carbocycles. The number of benzene rings is 3. The van der Waals surface area contributed by atoms with Crippen molar-refractivity contribution < 1.29 is 9.59 Å². The number of anilines is 1. The number of nitrogens with one attached hydrogen (secondary N) is 3. The molecule has 0 saturated heterocycles. The van der Waals surface area contributed by atoms with E-state index in [1.165, 1.54) is 0 Å². The molecule has 2 amide bonds. The summed E-state index contributed by atoms with van der Waals surface area (Å²) in [7, 11) is 0. The summed E-state index contributed by atoms with van der Waals surface area (Å²) in [6.45, 7) is 1.65. The number of rotatable bonds is 5. The minimum atomic E-state index is -0.683. The van der Waals surface area contributed by atoms with Crippen LogP contribution in [-0.4, -0.2) is 27.8 Å². The predicted octanol–water partition coefficient (Wildman–Crippen LogP) is 3.99. The van der Waals surface area contributed by atoms with Crippen molar-refractivity contribution in [3.8, 4) is 11.4 Å². The number of carbonyl (C=O) groups excluding carboxylic acids is 2. The first-order valence-corrected chi connectivity index (χ1v) is 9.32. The first-order valence-electron chi connectivity index (χ1n) is 9.32. The summed E-state index contributed by atoms with van der Waals surface area (Å²) in [4.78, 5) is 32.6. The van der Waals surface area contributed by atoms with Crippen LogP contribution in [0, 0.1) is 0 Å². The molecule has 0 aliphatic heterocycles. The average Bonchev–Trinajstić information content (AvgIpc) is 3.19. The highest BCUT2D eigenvalue weighted by atomic mass is 16.2. The SMILES string of the molecule is CC(NC(=O)c1ccccc1)C(=O)Nc1cccc(-c2nc3ccccc3[nH]2)c1. The fraction of sp³-hybridized carbons (Fsp3) is 0.0870. The van der Waals surface area contributed by atoms with E-state index in [1.807, 2.05) is 48.5 Å². The number of aromatic nitrogens is 2. The number of hydrogen-bond donors (Lipinski definition) is 3. The predicted molar refractivity (Wildman–Crippen MR) is 114 cm³/mol. The molecule has 0 bridgehead atoms. The molecular weight excluding hydrogens is 364 g/mol. The molecule has 1 aromatic heterocycles. The highest BCUT2D eigenvalue weighted by Gasteiger charge is 2.17. The highest BCUT2D eigenvalue weighted by Crippen LogP contribution is 2.23. The van der Waals surface area contributed by atoms with Crippen LogP contribution in [0.5, 0.6) is 0 Å². The standard InChI is InChI=1S/C23H20N4O2/c1-15(24-23(29)16-8-3-2-4-9-16)22(28)25-18-11-7-10-17(14-18)21-26-19-12-5-6-13-20(19)27-21/h2-15H,1H3,(H,24,29)(H,25,28)(H,26,27). The maximum absolute atomic E-state index is 12.5. The van der Waals surface area contributed by atoms with E-state index in [0.29, 0.717) is 11.3 Å². The van der Waals surface area contributed by atoms with Crippen molar-refractivity contribution in [2.45, 2.75) is 13.0 Å². The topological polar surface area (TPSA) is 86.9 Å². The average molecular weight is 384 g/mol. The van der Waals surface area contributed by atoms with Crippen molar-refractivity contribution in [3.05, 3.63) is 84.4 Å². The Morgan fingerprint density at radius 3 is 2.48 bits per heavy atom. The van der Waals surface area contributed by atoms with Crippen LogP contribution in [0.4, 0.5) is 5.69 Å². The van der Waals surface area contributed by atoms with E-state index in [-0.39, 0.29) is 11.8 Å². The zero-order valence-electron chi connectivity index (χ0n) is 15.8. The van der Waals surface area contributed by atoms with E-state index >= 15 is 0 Å². The minimum absolute atomic E-state index is 0.288. The summed E-state index contributed by atoms with van der Waals surface area (Å²) in [5.74, 6) is 0.146. The number of imidazole rings is 1. The van der Waals surface area contributed by atoms with Crippen molar-refractivity contribution in [2.24, 2.45) is 0 Å². The molecule has 6 nitrogen and oxygen atoms in total. The van der Waals surface area contributed by atoms with Gasteiger partial charge in [0.05, 0.1) is 11.0 Å². The Morgan fingerprint density at radius 2 is 1.69 bits per heavy atom. The lowest BCUT2D eigenvalue weighted by Gasteiger charge is -2.14. The van der Waals surface area contributed by atoms with Gasteiger partial charge in [-0.1, -0.05) is 42.5 Å². The zero-order chi connectivity index (χ0) is 20.2. The van der Waals surface area contributed by atoms with Gasteiger partial charge in [0.1, 0.15) is 11.9 Å². The van der Waals surface area contributed by atoms with E-state index in [1.54, 1.807) is 37.3 Å². The van der Waals surface area contributed by atoms with Gasteiger partial charge in [0, 0.05) is 16.8 Å². The van der Waals surface area contributed by atoms with Crippen LogP contribution in [0.15, 0.2) is 78.9 Å². The molecule has 144 valence electrons. The van der Waals surface area contributed by atoms with E-state index in [4.69, 9.17) is 0 Å². The number of amides is 2. The molecule has 0 aliphatic rings. The van der Waals surface area contributed by atoms with Crippen molar-refractivity contribution in [1.82, 2.24) is 15.3 Å². The lowest BCUT2D eigenvalue weighted by Crippen LogP contribution is -2.41. The van der Waals surface area contributed by atoms with Crippen molar-refractivity contribution >= 4 is 28.5 Å². The second-order valence-electron chi connectivity index (χ2n) is 6.73. The third kappa shape index (κ3) is 4.16. The van der Waals surface area contributed by atoms with Crippen LogP contribution in [0.3, 0.4) is 0 Å². The van der Waals surface area contributed by atoms with Gasteiger partial charge < -0.3 is 15.6 Å². The third-order valence-electron chi connectivity index (χ3n) is 4.57. The number of nitrogens with zero attached hydrogens (tertiary/aromatic N) is 1. The van der Waals surface area contributed by atoms with Gasteiger partial charge in [0.25, 0.3) is 5.91 Å². The maximum atomic E-state index is 12.5. The van der Waals surface area contributed by atoms with Gasteiger partial charge in [-0.05, 0) is 43.3 Å². The summed E-state index contributed by atoms with van der Waals surface area (Å²) in [5, 5.41) is 5.56. The molecule has 0 spiro atoms. The first-order chi connectivity index (χ1) is 14.1. The van der Waals surface area contributed by atoms with Crippen LogP contribution in [0.1, 0.15) is 17.3 Å². The van der Waals surface area contributed by atoms with Crippen LogP contribution < -0.4 is 10.6 Å². The minimum Gasteiger partial charge on any atom is -0.341 e. The number of fused-ring (bicyclic) bond motifs is 1. The molecule has 3 N–H and O–H groups in total. The van der Waals surface area contributed by atoms with Gasteiger partial charge in [-0.25, -0.2) is 4.98 Å². The quantitative estimate of drug-likeness (QED) is 0.486. The van der Waals surface area contributed by atoms with Crippen LogP contribution in [-0.2, 0) is 4.79 Å². The Morgan fingerprint density at radius 1 is 0.931 bits per heavy atom. The fourth-order valence-corrected chi connectivity index (χ4v) is 3.02. The Hall–Kier alpha value is -3.93. The van der Waals surface area contributed by atoms with E-state index in [2.05, 4.69) is 20.6 Å². The summed E-state index contributed by atoms with van der Waals surface area (Å²) in [6, 6.07) is 23.4. The molecular formula is C23H20N4O2. The maximum Gasteiger partial charge on any atom is 0.251 e. The summed E-state index contributed by atoms with van der Waals surface area (Å²) < 4.78 is 0. The Labute approximate surface area is 168 Å². The number of carbonyl (C=O) groups is 2. The monoisotopic (exact) mass is 384 g/mol. The fourth-order valence-electron chi connectivity index (χ4n) is 3.02. The van der Waals surface area contributed by atoms with E-state index < -0.39 is 6.04 Å². The molecule has 3 aromatic carbocycles. The highest BCUT2D eigenvalue weighted by molar-refractivity contribution is 6.01. The van der Waals surface area contributed by atoms with Crippen LogP contribution >= 0.6 is 0 Å². The van der Waals surface area contributed by atoms with Crippen molar-refractivity contribution in [1.29, 1.82) is 0 Å². The summed E-state index contributed by atoms with van der Waals surface area (Å²) in [5.41, 5.74) is 3.84. The van der Waals surface area contributed by atoms with Crippen LogP contribution in [0.2, 0.25) is 0 Å². The van der Waals surface area contributed by atoms with Crippen LogP contribution in [0.25, 0.3) is 22.4 Å². The lowest BCUT2D eigenvalue weighted by molar-refractivity contribution is -0.117. The number of aromatic amines is 1. The molecule has 4 rings (SSSR count). The van der Waals surface area contributed by atoms with E-state index in [0.717, 1.165) is 22.4 Å². The van der Waals surface area contributed by atoms with Crippen molar-refractivity contribution in [2.75, 3.05) is 5.32 Å². The molecule has 4 aromatic rings. The molecule has 0 radical (unpaired) electrons. The number of para-hydroxylation sites is 2. The summed E-state index contributed by atoms with van der Waals surface area (Å²) in [6.07, 6.45) is 0. The number of H-pyrrole nitrogens is 1. The summed E-state index contributed by atoms with van der Waals surface area (Å²) >= 11 is 0.